The van der Waals surface area contributed by atoms with Crippen molar-refractivity contribution in [1.29, 1.82) is 0 Å². The van der Waals surface area contributed by atoms with Gasteiger partial charge in [-0.3, -0.25) is 4.90 Å². The quantitative estimate of drug-likeness (QED) is 0.763. The average molecular weight is 310 g/mol. The zero-order valence-corrected chi connectivity index (χ0v) is 13.0. The summed E-state index contributed by atoms with van der Waals surface area (Å²) in [6.45, 7) is 4.05. The summed E-state index contributed by atoms with van der Waals surface area (Å²) in [5.74, 6) is 1.07. The van der Waals surface area contributed by atoms with Crippen molar-refractivity contribution in [3.63, 3.8) is 0 Å². The highest BCUT2D eigenvalue weighted by atomic mass is 16.3. The third kappa shape index (κ3) is 2.69. The second-order valence-corrected chi connectivity index (χ2v) is 6.70. The van der Waals surface area contributed by atoms with Crippen molar-refractivity contribution in [2.45, 2.75) is 12.6 Å². The molecular weight excluding hydrogens is 288 g/mol. The van der Waals surface area contributed by atoms with Gasteiger partial charge in [-0.05, 0) is 23.5 Å². The van der Waals surface area contributed by atoms with E-state index in [1.54, 1.807) is 6.07 Å². The zero-order valence-electron chi connectivity index (χ0n) is 13.0. The minimum Gasteiger partial charge on any atom is -0.504 e. The lowest BCUT2D eigenvalue weighted by atomic mass is 9.89. The fraction of sp³-hybridized carbons (Fsp3) is 0.368. The number of rotatable bonds is 3. The van der Waals surface area contributed by atoms with Crippen LogP contribution in [0.25, 0.3) is 0 Å². The van der Waals surface area contributed by atoms with Gasteiger partial charge < -0.3 is 15.5 Å². The Labute approximate surface area is 136 Å². The Morgan fingerprint density at radius 3 is 2.65 bits per heavy atom. The van der Waals surface area contributed by atoms with Crippen molar-refractivity contribution in [3.8, 4) is 11.5 Å². The summed E-state index contributed by atoms with van der Waals surface area (Å²) in [5, 5.41) is 23.5. The van der Waals surface area contributed by atoms with Gasteiger partial charge in [0.25, 0.3) is 0 Å². The Bertz CT molecular complexity index is 689. The lowest BCUT2D eigenvalue weighted by Crippen LogP contribution is -2.27. The summed E-state index contributed by atoms with van der Waals surface area (Å²) in [6.07, 6.45) is 0. The van der Waals surface area contributed by atoms with E-state index in [0.29, 0.717) is 11.8 Å². The number of hydrogen-bond donors (Lipinski definition) is 3. The first kappa shape index (κ1) is 14.5. The van der Waals surface area contributed by atoms with Gasteiger partial charge in [-0.1, -0.05) is 42.5 Å². The fourth-order valence-electron chi connectivity index (χ4n) is 4.12. The summed E-state index contributed by atoms with van der Waals surface area (Å²) in [7, 11) is 0. The highest BCUT2D eigenvalue weighted by Crippen LogP contribution is 2.43. The highest BCUT2D eigenvalue weighted by molar-refractivity contribution is 5.46. The first-order chi connectivity index (χ1) is 11.2. The van der Waals surface area contributed by atoms with Crippen LogP contribution >= 0.6 is 0 Å². The van der Waals surface area contributed by atoms with Crippen LogP contribution in [0.5, 0.6) is 11.5 Å². The van der Waals surface area contributed by atoms with Gasteiger partial charge in [0.1, 0.15) is 0 Å². The highest BCUT2D eigenvalue weighted by Gasteiger charge is 2.43. The number of aromatic hydroxyl groups is 2. The van der Waals surface area contributed by atoms with Crippen LogP contribution in [0.4, 0.5) is 0 Å². The maximum Gasteiger partial charge on any atom is 0.162 e. The second-order valence-electron chi connectivity index (χ2n) is 6.70. The fourth-order valence-corrected chi connectivity index (χ4v) is 4.12. The number of para-hydroxylation sites is 1. The summed E-state index contributed by atoms with van der Waals surface area (Å²) in [5.41, 5.74) is 2.16. The lowest BCUT2D eigenvalue weighted by Gasteiger charge is -2.22. The molecule has 3 unspecified atom stereocenters. The van der Waals surface area contributed by atoms with Crippen LogP contribution in [-0.4, -0.2) is 34.7 Å². The van der Waals surface area contributed by atoms with E-state index >= 15 is 0 Å². The minimum atomic E-state index is -0.0353. The van der Waals surface area contributed by atoms with Gasteiger partial charge in [0.05, 0.1) is 0 Å². The number of phenols is 2. The Morgan fingerprint density at radius 2 is 1.83 bits per heavy atom. The SMILES string of the molecule is Oc1cccc(C2NCC3CN(Cc4ccccc4)CC32)c1O. The summed E-state index contributed by atoms with van der Waals surface area (Å²) < 4.78 is 0. The molecule has 4 heteroatoms. The van der Waals surface area contributed by atoms with Gasteiger partial charge in [0.15, 0.2) is 11.5 Å². The molecule has 4 nitrogen and oxygen atoms in total. The normalized spacial score (nSPS) is 27.2. The zero-order chi connectivity index (χ0) is 15.8. The second kappa shape index (κ2) is 5.87. The van der Waals surface area contributed by atoms with Crippen LogP contribution in [0, 0.1) is 11.8 Å². The molecule has 0 radical (unpaired) electrons. The molecule has 0 aliphatic carbocycles. The van der Waals surface area contributed by atoms with E-state index in [-0.39, 0.29) is 17.5 Å². The van der Waals surface area contributed by atoms with E-state index in [4.69, 9.17) is 0 Å². The number of benzene rings is 2. The first-order valence-electron chi connectivity index (χ1n) is 8.23. The smallest absolute Gasteiger partial charge is 0.162 e. The molecule has 3 atom stereocenters. The molecule has 120 valence electrons. The third-order valence-corrected chi connectivity index (χ3v) is 5.23. The Hall–Kier alpha value is -2.04. The van der Waals surface area contributed by atoms with Crippen LogP contribution in [0.1, 0.15) is 17.2 Å². The van der Waals surface area contributed by atoms with Crippen molar-refractivity contribution >= 4 is 0 Å². The van der Waals surface area contributed by atoms with Crippen molar-refractivity contribution in [2.75, 3.05) is 19.6 Å². The number of likely N-dealkylation sites (tertiary alicyclic amines) is 1. The van der Waals surface area contributed by atoms with Crippen molar-refractivity contribution in [1.82, 2.24) is 10.2 Å². The summed E-state index contributed by atoms with van der Waals surface area (Å²) in [6, 6.07) is 15.9. The molecule has 0 bridgehead atoms. The van der Waals surface area contributed by atoms with Crippen LogP contribution in [0.3, 0.4) is 0 Å². The van der Waals surface area contributed by atoms with Crippen molar-refractivity contribution < 1.29 is 10.2 Å². The molecule has 2 fully saturated rings. The first-order valence-corrected chi connectivity index (χ1v) is 8.23. The lowest BCUT2D eigenvalue weighted by molar-refractivity contribution is 0.292. The Kier molecular flexibility index (Phi) is 3.71. The van der Waals surface area contributed by atoms with Gasteiger partial charge in [-0.2, -0.15) is 0 Å². The molecule has 3 N–H and O–H groups in total. The van der Waals surface area contributed by atoms with E-state index in [0.717, 1.165) is 31.7 Å². The minimum absolute atomic E-state index is 0.0205. The number of phenolic OH excluding ortho intramolecular Hbond substituents is 2. The van der Waals surface area contributed by atoms with Crippen LogP contribution in [0.2, 0.25) is 0 Å². The van der Waals surface area contributed by atoms with E-state index in [1.165, 1.54) is 11.6 Å². The molecule has 0 aromatic heterocycles. The van der Waals surface area contributed by atoms with E-state index in [2.05, 4.69) is 34.5 Å². The maximum atomic E-state index is 10.2. The monoisotopic (exact) mass is 310 g/mol. The largest absolute Gasteiger partial charge is 0.504 e. The van der Waals surface area contributed by atoms with Crippen LogP contribution in [-0.2, 0) is 6.54 Å². The van der Waals surface area contributed by atoms with Gasteiger partial charge in [0, 0.05) is 37.8 Å². The average Bonchev–Trinajstić information content (AvgIpc) is 3.11. The van der Waals surface area contributed by atoms with Crippen molar-refractivity contribution in [3.05, 3.63) is 59.7 Å². The molecular formula is C19H22N2O2. The van der Waals surface area contributed by atoms with Gasteiger partial charge in [-0.25, -0.2) is 0 Å². The van der Waals surface area contributed by atoms with Crippen LogP contribution in [0.15, 0.2) is 48.5 Å². The van der Waals surface area contributed by atoms with E-state index in [1.807, 2.05) is 12.1 Å². The standard InChI is InChI=1S/C19H22N2O2/c22-17-8-4-7-15(19(17)23)18-16-12-21(11-14(16)9-20-18)10-13-5-2-1-3-6-13/h1-8,14,16,18,20,22-23H,9-12H2. The van der Waals surface area contributed by atoms with E-state index in [9.17, 15) is 10.2 Å². The topological polar surface area (TPSA) is 55.7 Å². The van der Waals surface area contributed by atoms with Gasteiger partial charge in [0.2, 0.25) is 0 Å². The maximum absolute atomic E-state index is 10.2. The molecule has 2 aromatic rings. The third-order valence-electron chi connectivity index (χ3n) is 5.23. The molecule has 0 amide bonds. The molecule has 4 rings (SSSR count). The van der Waals surface area contributed by atoms with Crippen molar-refractivity contribution in [2.24, 2.45) is 11.8 Å². The number of nitrogens with one attached hydrogen (secondary N) is 1. The predicted octanol–water partition coefficient (Wildman–Crippen LogP) is 2.49. The number of hydrogen-bond acceptors (Lipinski definition) is 4. The molecule has 2 heterocycles. The van der Waals surface area contributed by atoms with E-state index < -0.39 is 0 Å². The molecule has 0 saturated carbocycles. The molecule has 2 aromatic carbocycles. The molecule has 23 heavy (non-hydrogen) atoms. The number of fused-ring (bicyclic) bond motifs is 1. The van der Waals surface area contributed by atoms with Gasteiger partial charge >= 0.3 is 0 Å². The Balaban J connectivity index is 1.50. The number of nitrogens with zero attached hydrogens (tertiary/aromatic N) is 1. The molecule has 2 saturated heterocycles. The van der Waals surface area contributed by atoms with Gasteiger partial charge in [-0.15, -0.1) is 0 Å². The molecule has 0 spiro atoms. The summed E-state index contributed by atoms with van der Waals surface area (Å²) >= 11 is 0. The molecule has 2 aliphatic rings. The van der Waals surface area contributed by atoms with Crippen LogP contribution < -0.4 is 5.32 Å². The summed E-state index contributed by atoms with van der Waals surface area (Å²) in [4.78, 5) is 2.50. The Morgan fingerprint density at radius 1 is 1.00 bits per heavy atom. The molecule has 2 aliphatic heterocycles. The predicted molar refractivity (Wildman–Crippen MR) is 89.2 cm³/mol.